The van der Waals surface area contributed by atoms with Gasteiger partial charge in [0.15, 0.2) is 0 Å². The predicted molar refractivity (Wildman–Crippen MR) is 472 cm³/mol. The first-order chi connectivity index (χ1) is 61.1. The Balaban J connectivity index is 0.000000743. The molecule has 6 aromatic rings. The highest BCUT2D eigenvalue weighted by Gasteiger charge is 2.80. The summed E-state index contributed by atoms with van der Waals surface area (Å²) in [4.78, 5) is 3.91. The second kappa shape index (κ2) is 70.1. The van der Waals surface area contributed by atoms with Gasteiger partial charge in [0, 0.05) is 72.7 Å². The maximum absolute atomic E-state index is 12.4. The molecule has 4 aliphatic carbocycles. The molecule has 0 aliphatic heterocycles. The van der Waals surface area contributed by atoms with E-state index in [4.69, 9.17) is 112 Å². The Morgan fingerprint density at radius 2 is 0.661 bits per heavy atom. The van der Waals surface area contributed by atoms with E-state index >= 15 is 0 Å². The molecule has 2 bridgehead atoms. The van der Waals surface area contributed by atoms with Crippen molar-refractivity contribution in [2.45, 2.75) is 229 Å². The van der Waals surface area contributed by atoms with Gasteiger partial charge in [0.1, 0.15) is 37.9 Å². The standard InChI is InChI=1S/C29H26O4.C10H22O2.C9H14O2.C8H16O2.C8H10O2.C7H9NO2.C7H16O2.C6H6F8O2.2C6H14O2/c30-17-19-32-23-13-9-21(10-14-23)29(22-11-15-24(16-12-22)33-20-18-31)27-7-3-1-5-25(27)26-6-2-4-8-28(26)29;11-9-7-5-3-1-2-4-6-8-10-12;10-4-8-6-1-2-7(3-6)9(8)5-11;9-5-7-1-2-8(6-10)4-3-7;9-5-7-2-1-3-8(4-7)6-10;9-4-6-2-1-3-7(5-10)8-6;8-6-4-2-1-3-5-7-9;7-3(8,1-15)5(11,12)6(13,14)4(9,10)2-16;1-6(8)4-2-3-5-7;7-5-3-1-2-4-6-8/h1-16,30-31H,17-20H2;11-12H,1-10H2;1-2,6-11H,3-5H2;7-10H,1-6H2;1-4,9-10H,5-6H2;1-3,9-10H,4-5H2;8-9H,1-7H2;15-16H,1-2H2;6-8H,2-5H2,1H3;7-8H,1-6H2. The molecule has 0 radical (unpaired) electrons. The van der Waals surface area contributed by atoms with Crippen LogP contribution in [0.25, 0.3) is 11.1 Å². The molecule has 0 saturated heterocycles. The number of aliphatic hydroxyl groups is 20. The van der Waals surface area contributed by atoms with Crippen LogP contribution in [0.1, 0.15) is 212 Å². The highest BCUT2D eigenvalue weighted by Crippen LogP contribution is 2.57. The number of aliphatic hydroxyl groups excluding tert-OH is 20. The number of nitrogens with zero attached hydrogens (tertiary/aromatic N) is 1. The summed E-state index contributed by atoms with van der Waals surface area (Å²) in [6.45, 7) is -0.0687. The number of ether oxygens (including phenoxy) is 2. The molecular formula is C96H147F8NO22. The minimum Gasteiger partial charge on any atom is -0.491 e. The van der Waals surface area contributed by atoms with Gasteiger partial charge in [0.2, 0.25) is 0 Å². The van der Waals surface area contributed by atoms with Crippen LogP contribution in [0.15, 0.2) is 152 Å². The fourth-order valence-electron chi connectivity index (χ4n) is 14.5. The first kappa shape index (κ1) is 118. The van der Waals surface area contributed by atoms with Gasteiger partial charge in [-0.05, 0) is 213 Å². The van der Waals surface area contributed by atoms with Gasteiger partial charge in [-0.15, -0.1) is 0 Å². The lowest BCUT2D eigenvalue weighted by molar-refractivity contribution is -0.373. The third-order valence-corrected chi connectivity index (χ3v) is 21.7. The van der Waals surface area contributed by atoms with Crippen molar-refractivity contribution in [1.29, 1.82) is 0 Å². The van der Waals surface area contributed by atoms with Crippen LogP contribution in [0.3, 0.4) is 0 Å². The number of alkyl halides is 8. The molecule has 2 fully saturated rings. The molecule has 31 heteroatoms. The Bertz CT molecular complexity index is 3400. The van der Waals surface area contributed by atoms with Gasteiger partial charge in [-0.3, -0.25) is 4.98 Å². The summed E-state index contributed by atoms with van der Waals surface area (Å²) in [5, 5.41) is 171. The minimum absolute atomic E-state index is 0.0167. The first-order valence-corrected chi connectivity index (χ1v) is 44.3. The maximum atomic E-state index is 12.4. The van der Waals surface area contributed by atoms with Gasteiger partial charge < -0.3 is 112 Å². The quantitative estimate of drug-likeness (QED) is 0.00957. The molecule has 1 heterocycles. The molecule has 0 amide bonds. The number of benzene rings is 5. The van der Waals surface area contributed by atoms with Crippen LogP contribution in [0.2, 0.25) is 0 Å². The Morgan fingerprint density at radius 1 is 0.354 bits per heavy atom. The molecule has 127 heavy (non-hydrogen) atoms. The van der Waals surface area contributed by atoms with Gasteiger partial charge in [0.25, 0.3) is 0 Å². The van der Waals surface area contributed by atoms with E-state index < -0.39 is 42.3 Å². The van der Waals surface area contributed by atoms with E-state index in [9.17, 15) is 35.1 Å². The maximum Gasteiger partial charge on any atom is 0.380 e. The van der Waals surface area contributed by atoms with Crippen molar-refractivity contribution in [2.24, 2.45) is 35.5 Å². The SMILES string of the molecule is CC(O)CCCCO.OCC(F)(F)C(F)(F)C(F)(F)C(F)(F)CO.OCC1C2C=CC(C2)C1CO.OCC1CCC(CO)CC1.OCCCCCCCCCCO.OCCCCCCCO.OCCCCCCO.OCCOc1ccc(C2(c3ccc(OCCO)cc3)c3ccccc3-c3ccccc32)cc1.OCc1cccc(CO)c1.OCc1cccc(CO)n1. The summed E-state index contributed by atoms with van der Waals surface area (Å²) in [7, 11) is 0. The molecule has 4 aliphatic rings. The number of aromatic nitrogens is 1. The highest BCUT2D eigenvalue weighted by molar-refractivity contribution is 5.86. The summed E-state index contributed by atoms with van der Waals surface area (Å²) < 4.78 is 110. The van der Waals surface area contributed by atoms with Crippen LogP contribution in [0.5, 0.6) is 11.5 Å². The fraction of sp³-hybridized carbons (Fsp3) is 0.615. The van der Waals surface area contributed by atoms with E-state index in [-0.39, 0.29) is 92.0 Å². The number of unbranched alkanes of at least 4 members (excludes halogenated alkanes) is 15. The Hall–Kier alpha value is -6.77. The monoisotopic (exact) mass is 1820 g/mol. The number of rotatable bonds is 45. The van der Waals surface area contributed by atoms with Gasteiger partial charge in [-0.25, -0.2) is 0 Å². The van der Waals surface area contributed by atoms with Crippen LogP contribution in [0.4, 0.5) is 35.1 Å². The van der Waals surface area contributed by atoms with Crippen molar-refractivity contribution in [2.75, 3.05) is 112 Å². The Kier molecular flexibility index (Phi) is 65.2. The largest absolute Gasteiger partial charge is 0.491 e. The summed E-state index contributed by atoms with van der Waals surface area (Å²) in [5.41, 5.74) is 9.58. The van der Waals surface area contributed by atoms with Crippen molar-refractivity contribution in [3.05, 3.63) is 196 Å². The molecule has 20 N–H and O–H groups in total. The molecule has 2 saturated carbocycles. The molecule has 10 rings (SSSR count). The molecule has 1 aromatic heterocycles. The third kappa shape index (κ3) is 42.6. The second-order valence-corrected chi connectivity index (χ2v) is 31.3. The molecule has 5 aromatic carbocycles. The minimum atomic E-state index is -6.50. The van der Waals surface area contributed by atoms with Crippen LogP contribution in [-0.2, 0) is 31.8 Å². The molecule has 5 atom stereocenters. The van der Waals surface area contributed by atoms with Gasteiger partial charge in [0.05, 0.1) is 62.5 Å². The molecule has 724 valence electrons. The average molecular weight is 1820 g/mol. The number of hydrogen-bond donors (Lipinski definition) is 20. The number of allylic oxidation sites excluding steroid dienone is 2. The molecular weight excluding hydrogens is 1670 g/mol. The van der Waals surface area contributed by atoms with Gasteiger partial charge in [-0.2, -0.15) is 35.1 Å². The van der Waals surface area contributed by atoms with Gasteiger partial charge >= 0.3 is 23.7 Å². The number of hydrogen-bond acceptors (Lipinski definition) is 23. The molecule has 23 nitrogen and oxygen atoms in total. The summed E-state index contributed by atoms with van der Waals surface area (Å²) >= 11 is 0. The zero-order valence-electron chi connectivity index (χ0n) is 73.7. The number of halogens is 8. The van der Waals surface area contributed by atoms with Crippen molar-refractivity contribution < 1.29 is 147 Å². The first-order valence-electron chi connectivity index (χ1n) is 44.3. The lowest BCUT2D eigenvalue weighted by Gasteiger charge is -2.35. The lowest BCUT2D eigenvalue weighted by Crippen LogP contribution is -2.64. The number of fused-ring (bicyclic) bond motifs is 5. The zero-order valence-corrected chi connectivity index (χ0v) is 73.7. The van der Waals surface area contributed by atoms with Crippen LogP contribution in [0, 0.1) is 35.5 Å². The van der Waals surface area contributed by atoms with Crippen LogP contribution in [-0.4, -0.2) is 249 Å². The van der Waals surface area contributed by atoms with E-state index in [0.29, 0.717) is 86.5 Å². The van der Waals surface area contributed by atoms with E-state index in [1.165, 1.54) is 47.9 Å². The predicted octanol–water partition coefficient (Wildman–Crippen LogP) is 12.3. The van der Waals surface area contributed by atoms with Crippen molar-refractivity contribution in [3.63, 3.8) is 0 Å². The van der Waals surface area contributed by atoms with E-state index in [0.717, 1.165) is 169 Å². The molecule has 0 spiro atoms. The molecule has 5 unspecified atom stereocenters. The second-order valence-electron chi connectivity index (χ2n) is 31.3. The van der Waals surface area contributed by atoms with Crippen molar-refractivity contribution >= 4 is 0 Å². The lowest BCUT2D eigenvalue weighted by atomic mass is 9.68. The Labute approximate surface area is 744 Å². The summed E-state index contributed by atoms with van der Waals surface area (Å²) in [5.74, 6) is -20.2. The highest BCUT2D eigenvalue weighted by atomic mass is 19.4. The Morgan fingerprint density at radius 3 is 0.937 bits per heavy atom. The summed E-state index contributed by atoms with van der Waals surface area (Å²) in [6.07, 6.45) is 30.5. The smallest absolute Gasteiger partial charge is 0.380 e. The zero-order chi connectivity index (χ0) is 94.8. The van der Waals surface area contributed by atoms with Gasteiger partial charge in [-0.1, -0.05) is 186 Å². The van der Waals surface area contributed by atoms with Crippen molar-refractivity contribution in [3.8, 4) is 22.6 Å². The normalized spacial score (nSPS) is 16.9. The third-order valence-electron chi connectivity index (χ3n) is 21.7. The fourth-order valence-corrected chi connectivity index (χ4v) is 14.5. The van der Waals surface area contributed by atoms with Crippen molar-refractivity contribution in [1.82, 2.24) is 4.98 Å². The van der Waals surface area contributed by atoms with Crippen LogP contribution >= 0.6 is 0 Å². The average Bonchev–Trinajstić information content (AvgIpc) is 1.52. The van der Waals surface area contributed by atoms with E-state index in [1.54, 1.807) is 31.2 Å². The number of pyridine rings is 1. The van der Waals surface area contributed by atoms with Crippen LogP contribution < -0.4 is 9.47 Å². The summed E-state index contributed by atoms with van der Waals surface area (Å²) in [6, 6.07) is 45.9. The van der Waals surface area contributed by atoms with E-state index in [1.807, 2.05) is 42.5 Å². The topological polar surface area (TPSA) is 436 Å². The van der Waals surface area contributed by atoms with E-state index in [2.05, 4.69) is 89.9 Å².